The summed E-state index contributed by atoms with van der Waals surface area (Å²) in [6.07, 6.45) is -4.76. The number of nitrogens with one attached hydrogen (secondary N) is 1. The van der Waals surface area contributed by atoms with E-state index in [1.54, 1.807) is 18.2 Å². The second kappa shape index (κ2) is 6.53. The lowest BCUT2D eigenvalue weighted by Gasteiger charge is -2.07. The normalized spacial score (nSPS) is 12.2. The highest BCUT2D eigenvalue weighted by Gasteiger charge is 2.38. The summed E-state index contributed by atoms with van der Waals surface area (Å²) in [5.41, 5.74) is -2.19. The first-order valence-electron chi connectivity index (χ1n) is 9.09. The van der Waals surface area contributed by atoms with Gasteiger partial charge in [0, 0.05) is 0 Å². The number of oxazole rings is 1. The lowest BCUT2D eigenvalue weighted by molar-refractivity contribution is -0.140. The molecule has 0 unspecified atom stereocenters. The monoisotopic (exact) mass is 428 g/mol. The van der Waals surface area contributed by atoms with Crippen LogP contribution in [0.15, 0.2) is 57.7 Å². The van der Waals surface area contributed by atoms with Gasteiger partial charge in [-0.05, 0) is 24.6 Å². The second-order valence-corrected chi connectivity index (χ2v) is 6.87. The molecular weight excluding hydrogens is 416 g/mol. The first-order valence-corrected chi connectivity index (χ1v) is 9.09. The number of benzene rings is 2. The number of hydrogen-bond donors (Lipinski definition) is 1. The number of aryl methyl sites for hydroxylation is 1. The lowest BCUT2D eigenvalue weighted by Crippen LogP contribution is -2.20. The van der Waals surface area contributed by atoms with Crippen LogP contribution in [-0.4, -0.2) is 19.6 Å². The zero-order valence-corrected chi connectivity index (χ0v) is 15.8. The molecule has 0 aliphatic rings. The van der Waals surface area contributed by atoms with Gasteiger partial charge < -0.3 is 4.42 Å². The topological polar surface area (TPSA) is 76.2 Å². The van der Waals surface area contributed by atoms with E-state index >= 15 is 0 Å². The quantitative estimate of drug-likeness (QED) is 0.403. The molecule has 0 spiro atoms. The van der Waals surface area contributed by atoms with E-state index in [0.717, 1.165) is 0 Å². The maximum atomic E-state index is 14.0. The van der Waals surface area contributed by atoms with Gasteiger partial charge in [-0.25, -0.2) is 14.4 Å². The number of rotatable bonds is 2. The third-order valence-electron chi connectivity index (χ3n) is 4.89. The van der Waals surface area contributed by atoms with E-state index in [9.17, 15) is 22.4 Å². The van der Waals surface area contributed by atoms with Gasteiger partial charge in [-0.1, -0.05) is 36.4 Å². The van der Waals surface area contributed by atoms with Gasteiger partial charge in [0.2, 0.25) is 5.89 Å². The highest BCUT2D eigenvalue weighted by molar-refractivity contribution is 5.82. The van der Waals surface area contributed by atoms with E-state index < -0.39 is 23.2 Å². The molecule has 0 fully saturated rings. The molecule has 0 aliphatic carbocycles. The average molecular weight is 428 g/mol. The predicted octanol–water partition coefficient (Wildman–Crippen LogP) is 4.96. The van der Waals surface area contributed by atoms with Crippen molar-refractivity contribution >= 4 is 16.7 Å². The van der Waals surface area contributed by atoms with Crippen molar-refractivity contribution in [2.45, 2.75) is 13.1 Å². The summed E-state index contributed by atoms with van der Waals surface area (Å²) in [7, 11) is 0. The number of aromatic nitrogens is 4. The molecule has 0 aliphatic heterocycles. The Morgan fingerprint density at radius 2 is 1.74 bits per heavy atom. The highest BCUT2D eigenvalue weighted by Crippen LogP contribution is 2.38. The van der Waals surface area contributed by atoms with Gasteiger partial charge in [0.15, 0.2) is 17.0 Å². The minimum Gasteiger partial charge on any atom is -0.436 e. The van der Waals surface area contributed by atoms with Gasteiger partial charge in [0.25, 0.3) is 5.56 Å². The Bertz CT molecular complexity index is 1510. The molecule has 31 heavy (non-hydrogen) atoms. The van der Waals surface area contributed by atoms with Crippen molar-refractivity contribution in [1.29, 1.82) is 0 Å². The Hall–Kier alpha value is -3.95. The summed E-state index contributed by atoms with van der Waals surface area (Å²) in [5.74, 6) is -0.876. The Balaban J connectivity index is 1.84. The zero-order valence-electron chi connectivity index (χ0n) is 15.8. The SMILES string of the molecule is Cc1nc2c(-c3ccccc3)c(C(F)(F)F)[nH]n2c(=O)c1-c1nc2c(F)cccc2o1. The van der Waals surface area contributed by atoms with E-state index in [2.05, 4.69) is 15.1 Å². The Morgan fingerprint density at radius 3 is 2.42 bits per heavy atom. The third-order valence-corrected chi connectivity index (χ3v) is 4.89. The van der Waals surface area contributed by atoms with Crippen LogP contribution in [0.2, 0.25) is 0 Å². The molecule has 6 nitrogen and oxygen atoms in total. The van der Waals surface area contributed by atoms with Crippen LogP contribution in [0.5, 0.6) is 0 Å². The average Bonchev–Trinajstić information content (AvgIpc) is 3.31. The van der Waals surface area contributed by atoms with Crippen LogP contribution < -0.4 is 5.56 Å². The fraction of sp³-hybridized carbons (Fsp3) is 0.0952. The van der Waals surface area contributed by atoms with Crippen molar-refractivity contribution in [1.82, 2.24) is 19.6 Å². The van der Waals surface area contributed by atoms with Crippen molar-refractivity contribution in [3.05, 3.63) is 76.1 Å². The van der Waals surface area contributed by atoms with Crippen LogP contribution in [0.4, 0.5) is 17.6 Å². The van der Waals surface area contributed by atoms with E-state index in [-0.39, 0.29) is 45.0 Å². The van der Waals surface area contributed by atoms with E-state index in [1.165, 1.54) is 37.3 Å². The third kappa shape index (κ3) is 2.90. The summed E-state index contributed by atoms with van der Waals surface area (Å²) < 4.78 is 61.5. The number of fused-ring (bicyclic) bond motifs is 2. The Morgan fingerprint density at radius 1 is 1.00 bits per heavy atom. The van der Waals surface area contributed by atoms with Gasteiger partial charge in [-0.2, -0.15) is 17.7 Å². The van der Waals surface area contributed by atoms with Crippen LogP contribution in [0.1, 0.15) is 11.4 Å². The van der Waals surface area contributed by atoms with Gasteiger partial charge in [-0.15, -0.1) is 0 Å². The minimum atomic E-state index is -4.76. The molecule has 0 bridgehead atoms. The first kappa shape index (κ1) is 19.0. The molecule has 0 radical (unpaired) electrons. The molecule has 5 rings (SSSR count). The predicted molar refractivity (Wildman–Crippen MR) is 104 cm³/mol. The van der Waals surface area contributed by atoms with Crippen molar-refractivity contribution in [3.63, 3.8) is 0 Å². The number of aromatic amines is 1. The van der Waals surface area contributed by atoms with E-state index in [4.69, 9.17) is 4.42 Å². The maximum Gasteiger partial charge on any atom is 0.433 e. The van der Waals surface area contributed by atoms with Gasteiger partial charge in [0.1, 0.15) is 16.8 Å². The molecule has 0 atom stereocenters. The van der Waals surface area contributed by atoms with Crippen LogP contribution in [0.3, 0.4) is 0 Å². The van der Waals surface area contributed by atoms with Gasteiger partial charge >= 0.3 is 6.18 Å². The number of H-pyrrole nitrogens is 1. The van der Waals surface area contributed by atoms with Crippen LogP contribution >= 0.6 is 0 Å². The zero-order chi connectivity index (χ0) is 21.9. The molecule has 0 amide bonds. The number of nitrogens with zero attached hydrogens (tertiary/aromatic N) is 3. The summed E-state index contributed by atoms with van der Waals surface area (Å²) in [6, 6.07) is 11.9. The molecule has 156 valence electrons. The first-order chi connectivity index (χ1) is 14.8. The molecule has 2 aromatic carbocycles. The van der Waals surface area contributed by atoms with Crippen molar-refractivity contribution in [3.8, 4) is 22.6 Å². The Kier molecular flexibility index (Phi) is 4.01. The van der Waals surface area contributed by atoms with Gasteiger partial charge in [0.05, 0.1) is 11.3 Å². The van der Waals surface area contributed by atoms with Crippen molar-refractivity contribution in [2.75, 3.05) is 0 Å². The number of para-hydroxylation sites is 1. The van der Waals surface area contributed by atoms with Crippen LogP contribution in [0.25, 0.3) is 39.3 Å². The molecule has 3 aromatic heterocycles. The summed E-state index contributed by atoms with van der Waals surface area (Å²) in [4.78, 5) is 21.4. The molecule has 3 heterocycles. The van der Waals surface area contributed by atoms with Crippen molar-refractivity contribution in [2.24, 2.45) is 0 Å². The Labute approximate surface area is 170 Å². The fourth-order valence-corrected chi connectivity index (χ4v) is 3.53. The molecule has 1 N–H and O–H groups in total. The lowest BCUT2D eigenvalue weighted by atomic mass is 10.1. The summed E-state index contributed by atoms with van der Waals surface area (Å²) >= 11 is 0. The number of hydrogen-bond acceptors (Lipinski definition) is 4. The highest BCUT2D eigenvalue weighted by atomic mass is 19.4. The molecule has 10 heteroatoms. The summed E-state index contributed by atoms with van der Waals surface area (Å²) in [6.45, 7) is 1.46. The fourth-order valence-electron chi connectivity index (χ4n) is 3.53. The standard InChI is InChI=1S/C21H12F4N4O2/c1-10-14(19-27-16-12(22)8-5-9-13(16)31-19)20(30)29-18(26-10)15(11-6-3-2-4-7-11)17(28-29)21(23,24)25/h2-9,28H,1H3. The van der Waals surface area contributed by atoms with E-state index in [1.807, 2.05) is 0 Å². The van der Waals surface area contributed by atoms with Gasteiger partial charge in [-0.3, -0.25) is 9.89 Å². The molecule has 0 saturated heterocycles. The molecular formula is C21H12F4N4O2. The van der Waals surface area contributed by atoms with Crippen LogP contribution in [-0.2, 0) is 6.18 Å². The minimum absolute atomic E-state index is 0.0890. The largest absolute Gasteiger partial charge is 0.436 e. The number of alkyl halides is 3. The second-order valence-electron chi connectivity index (χ2n) is 6.87. The smallest absolute Gasteiger partial charge is 0.433 e. The maximum absolute atomic E-state index is 14.0. The van der Waals surface area contributed by atoms with Crippen molar-refractivity contribution < 1.29 is 22.0 Å². The van der Waals surface area contributed by atoms with Crippen LogP contribution in [0, 0.1) is 12.7 Å². The summed E-state index contributed by atoms with van der Waals surface area (Å²) in [5, 5.41) is 2.13. The number of halogens is 4. The molecule has 5 aromatic rings. The van der Waals surface area contributed by atoms with E-state index in [0.29, 0.717) is 4.52 Å². The molecule has 0 saturated carbocycles.